The number of carbonyl (C=O) groups is 3. The van der Waals surface area contributed by atoms with Gasteiger partial charge in [0, 0.05) is 31.9 Å². The summed E-state index contributed by atoms with van der Waals surface area (Å²) >= 11 is 0. The van der Waals surface area contributed by atoms with Gasteiger partial charge in [-0.3, -0.25) is 9.59 Å². The van der Waals surface area contributed by atoms with Crippen LogP contribution in [0.1, 0.15) is 45.4 Å². The molecule has 1 rings (SSSR count). The van der Waals surface area contributed by atoms with E-state index in [9.17, 15) is 19.5 Å². The number of carbonyl (C=O) groups excluding carboxylic acids is 2. The monoisotopic (exact) mass is 314 g/mol. The predicted octanol–water partition coefficient (Wildman–Crippen LogP) is 0.679. The van der Waals surface area contributed by atoms with E-state index in [2.05, 4.69) is 10.6 Å². The maximum absolute atomic E-state index is 11.8. The molecule has 22 heavy (non-hydrogen) atoms. The molecule has 0 aliphatic carbocycles. The van der Waals surface area contributed by atoms with Crippen LogP contribution >= 0.6 is 0 Å². The first-order valence-electron chi connectivity index (χ1n) is 7.91. The zero-order valence-corrected chi connectivity index (χ0v) is 13.1. The van der Waals surface area contributed by atoms with E-state index in [1.54, 1.807) is 0 Å². The van der Waals surface area contributed by atoms with Crippen molar-refractivity contribution in [3.05, 3.63) is 0 Å². The van der Waals surface area contributed by atoms with Crippen molar-refractivity contribution in [2.75, 3.05) is 19.8 Å². The highest BCUT2D eigenvalue weighted by Crippen LogP contribution is 2.18. The third-order valence-corrected chi connectivity index (χ3v) is 3.63. The Morgan fingerprint density at radius 3 is 2.59 bits per heavy atom. The summed E-state index contributed by atoms with van der Waals surface area (Å²) in [4.78, 5) is 34.6. The summed E-state index contributed by atoms with van der Waals surface area (Å²) in [5, 5.41) is 14.5. The quantitative estimate of drug-likeness (QED) is 0.580. The van der Waals surface area contributed by atoms with Crippen LogP contribution in [0, 0.1) is 5.92 Å². The molecular weight excluding hydrogens is 288 g/mol. The van der Waals surface area contributed by atoms with Crippen molar-refractivity contribution in [3.63, 3.8) is 0 Å². The Labute approximate surface area is 130 Å². The average molecular weight is 314 g/mol. The molecule has 7 nitrogen and oxygen atoms in total. The van der Waals surface area contributed by atoms with Gasteiger partial charge in [-0.2, -0.15) is 0 Å². The lowest BCUT2D eigenvalue weighted by Crippen LogP contribution is -2.48. The molecule has 126 valence electrons. The minimum Gasteiger partial charge on any atom is -0.480 e. The van der Waals surface area contributed by atoms with E-state index in [4.69, 9.17) is 4.74 Å². The van der Waals surface area contributed by atoms with E-state index in [1.165, 1.54) is 0 Å². The molecule has 0 bridgehead atoms. The van der Waals surface area contributed by atoms with Gasteiger partial charge in [-0.15, -0.1) is 0 Å². The molecular formula is C15H26N2O5. The number of rotatable bonds is 9. The molecule has 1 saturated heterocycles. The molecule has 0 spiro atoms. The molecule has 2 unspecified atom stereocenters. The van der Waals surface area contributed by atoms with Gasteiger partial charge < -0.3 is 20.5 Å². The summed E-state index contributed by atoms with van der Waals surface area (Å²) in [5.41, 5.74) is 0. The number of ether oxygens (including phenoxy) is 1. The van der Waals surface area contributed by atoms with Crippen molar-refractivity contribution in [1.82, 2.24) is 10.6 Å². The van der Waals surface area contributed by atoms with Crippen LogP contribution in [0.2, 0.25) is 0 Å². The fraction of sp³-hybridized carbons (Fsp3) is 0.800. The van der Waals surface area contributed by atoms with E-state index in [1.807, 2.05) is 6.92 Å². The summed E-state index contributed by atoms with van der Waals surface area (Å²) in [5.74, 6) is -1.64. The standard InChI is InChI=1S/C15H26N2O5/c1-2-8-16-12(18)6-3-7-13(19)17-14(15(20)21)11-5-4-9-22-10-11/h11,14H,2-10H2,1H3,(H,16,18)(H,17,19)(H,20,21). The third kappa shape index (κ3) is 6.89. The van der Waals surface area contributed by atoms with Gasteiger partial charge in [0.25, 0.3) is 0 Å². The smallest absolute Gasteiger partial charge is 0.326 e. The predicted molar refractivity (Wildman–Crippen MR) is 80.3 cm³/mol. The maximum Gasteiger partial charge on any atom is 0.326 e. The normalized spacial score (nSPS) is 19.2. The molecule has 7 heteroatoms. The molecule has 3 N–H and O–H groups in total. The Hall–Kier alpha value is -1.63. The fourth-order valence-electron chi connectivity index (χ4n) is 2.42. The Balaban J connectivity index is 2.31. The lowest BCUT2D eigenvalue weighted by molar-refractivity contribution is -0.145. The molecule has 0 aromatic carbocycles. The SMILES string of the molecule is CCCNC(=O)CCCC(=O)NC(C(=O)O)C1CCCOC1. The molecule has 0 aromatic rings. The van der Waals surface area contributed by atoms with E-state index in [0.29, 0.717) is 26.2 Å². The van der Waals surface area contributed by atoms with Gasteiger partial charge in [-0.25, -0.2) is 4.79 Å². The van der Waals surface area contributed by atoms with Crippen LogP contribution in [0.4, 0.5) is 0 Å². The van der Waals surface area contributed by atoms with Crippen molar-refractivity contribution in [2.45, 2.75) is 51.5 Å². The van der Waals surface area contributed by atoms with Gasteiger partial charge in [0.1, 0.15) is 6.04 Å². The lowest BCUT2D eigenvalue weighted by Gasteiger charge is -2.28. The summed E-state index contributed by atoms with van der Waals surface area (Å²) in [6, 6.07) is -0.915. The first-order valence-corrected chi connectivity index (χ1v) is 7.91. The highest BCUT2D eigenvalue weighted by molar-refractivity contribution is 5.84. The lowest BCUT2D eigenvalue weighted by atomic mass is 9.93. The molecule has 1 heterocycles. The molecule has 0 saturated carbocycles. The largest absolute Gasteiger partial charge is 0.480 e. The molecule has 1 fully saturated rings. The van der Waals surface area contributed by atoms with Gasteiger partial charge in [-0.1, -0.05) is 6.92 Å². The zero-order valence-electron chi connectivity index (χ0n) is 13.1. The van der Waals surface area contributed by atoms with Gasteiger partial charge in [0.2, 0.25) is 11.8 Å². The van der Waals surface area contributed by atoms with E-state index in [0.717, 1.165) is 19.3 Å². The van der Waals surface area contributed by atoms with Gasteiger partial charge in [0.05, 0.1) is 6.61 Å². The number of hydrogen-bond donors (Lipinski definition) is 3. The van der Waals surface area contributed by atoms with Crippen molar-refractivity contribution in [3.8, 4) is 0 Å². The van der Waals surface area contributed by atoms with Gasteiger partial charge >= 0.3 is 5.97 Å². The molecule has 0 aromatic heterocycles. The van der Waals surface area contributed by atoms with Crippen LogP contribution in [-0.2, 0) is 19.1 Å². The topological polar surface area (TPSA) is 105 Å². The maximum atomic E-state index is 11.8. The summed E-state index contributed by atoms with van der Waals surface area (Å²) in [6.07, 6.45) is 3.25. The number of amides is 2. The molecule has 0 radical (unpaired) electrons. The summed E-state index contributed by atoms with van der Waals surface area (Å²) < 4.78 is 5.28. The van der Waals surface area contributed by atoms with Gasteiger partial charge in [-0.05, 0) is 25.7 Å². The molecule has 2 atom stereocenters. The van der Waals surface area contributed by atoms with Crippen molar-refractivity contribution < 1.29 is 24.2 Å². The van der Waals surface area contributed by atoms with Crippen LogP contribution in [0.25, 0.3) is 0 Å². The van der Waals surface area contributed by atoms with Gasteiger partial charge in [0.15, 0.2) is 0 Å². The minimum absolute atomic E-state index is 0.0786. The zero-order chi connectivity index (χ0) is 16.4. The first-order chi connectivity index (χ1) is 10.5. The highest BCUT2D eigenvalue weighted by atomic mass is 16.5. The number of hydrogen-bond acceptors (Lipinski definition) is 4. The second-order valence-corrected chi connectivity index (χ2v) is 5.56. The van der Waals surface area contributed by atoms with Crippen LogP contribution in [0.3, 0.4) is 0 Å². The van der Waals surface area contributed by atoms with Crippen LogP contribution in [-0.4, -0.2) is 48.7 Å². The summed E-state index contributed by atoms with van der Waals surface area (Å²) in [6.45, 7) is 3.60. The van der Waals surface area contributed by atoms with Crippen molar-refractivity contribution in [2.24, 2.45) is 5.92 Å². The molecule has 1 aliphatic heterocycles. The summed E-state index contributed by atoms with van der Waals surface area (Å²) in [7, 11) is 0. The van der Waals surface area contributed by atoms with Crippen LogP contribution in [0.15, 0.2) is 0 Å². The number of aliphatic carboxylic acids is 1. The van der Waals surface area contributed by atoms with E-state index >= 15 is 0 Å². The van der Waals surface area contributed by atoms with E-state index < -0.39 is 12.0 Å². The second-order valence-electron chi connectivity index (χ2n) is 5.56. The average Bonchev–Trinajstić information content (AvgIpc) is 2.51. The minimum atomic E-state index is -1.04. The Morgan fingerprint density at radius 2 is 2.00 bits per heavy atom. The molecule has 2 amide bonds. The van der Waals surface area contributed by atoms with Crippen LogP contribution < -0.4 is 10.6 Å². The number of carboxylic acids is 1. The third-order valence-electron chi connectivity index (χ3n) is 3.63. The highest BCUT2D eigenvalue weighted by Gasteiger charge is 2.31. The Bertz CT molecular complexity index is 380. The Kier molecular flexibility index (Phi) is 8.50. The number of carboxylic acid groups (broad SMARTS) is 1. The van der Waals surface area contributed by atoms with E-state index in [-0.39, 0.29) is 30.6 Å². The van der Waals surface area contributed by atoms with Crippen molar-refractivity contribution in [1.29, 1.82) is 0 Å². The first kappa shape index (κ1) is 18.4. The van der Waals surface area contributed by atoms with Crippen molar-refractivity contribution >= 4 is 17.8 Å². The second kappa shape index (κ2) is 10.2. The number of nitrogens with one attached hydrogen (secondary N) is 2. The van der Waals surface area contributed by atoms with Crippen LogP contribution in [0.5, 0.6) is 0 Å². The fourth-order valence-corrected chi connectivity index (χ4v) is 2.42. The molecule has 1 aliphatic rings. The Morgan fingerprint density at radius 1 is 1.27 bits per heavy atom.